The number of nitrogens with one attached hydrogen (secondary N) is 1. The zero-order valence-corrected chi connectivity index (χ0v) is 13.7. The third kappa shape index (κ3) is 4.77. The van der Waals surface area contributed by atoms with Crippen LogP contribution in [-0.4, -0.2) is 60.6 Å². The number of carboxylic acids is 1. The van der Waals surface area contributed by atoms with E-state index in [0.29, 0.717) is 43.8 Å². The minimum Gasteiger partial charge on any atom is -0.478 e. The van der Waals surface area contributed by atoms with E-state index in [-0.39, 0.29) is 23.4 Å². The summed E-state index contributed by atoms with van der Waals surface area (Å²) in [7, 11) is 1.56. The Morgan fingerprint density at radius 2 is 2.09 bits per heavy atom. The number of ether oxygens (including phenoxy) is 1. The molecule has 2 N–H and O–H groups in total. The topological polar surface area (TPSA) is 95.9 Å². The van der Waals surface area contributed by atoms with Crippen molar-refractivity contribution in [1.82, 2.24) is 10.2 Å². The molecule has 0 spiro atoms. The smallest absolute Gasteiger partial charge is 0.336 e. The summed E-state index contributed by atoms with van der Waals surface area (Å²) >= 11 is 1.12. The Morgan fingerprint density at radius 3 is 2.65 bits per heavy atom. The Morgan fingerprint density at radius 1 is 1.39 bits per heavy atom. The number of likely N-dealkylation sites (tertiary alicyclic amines) is 1. The molecule has 2 rings (SSSR count). The van der Waals surface area contributed by atoms with E-state index < -0.39 is 5.97 Å². The average molecular weight is 340 g/mol. The first kappa shape index (κ1) is 17.4. The number of nitrogens with zero attached hydrogens (tertiary/aromatic N) is 1. The van der Waals surface area contributed by atoms with Crippen LogP contribution in [0.25, 0.3) is 0 Å². The summed E-state index contributed by atoms with van der Waals surface area (Å²) < 4.78 is 4.90. The van der Waals surface area contributed by atoms with Gasteiger partial charge in [-0.3, -0.25) is 9.59 Å². The summed E-state index contributed by atoms with van der Waals surface area (Å²) in [5.41, 5.74) is 0.124. The van der Waals surface area contributed by atoms with Gasteiger partial charge in [-0.1, -0.05) is 0 Å². The van der Waals surface area contributed by atoms with Crippen LogP contribution in [0.4, 0.5) is 0 Å². The van der Waals surface area contributed by atoms with Crippen molar-refractivity contribution in [3.8, 4) is 0 Å². The van der Waals surface area contributed by atoms with Gasteiger partial charge in [-0.15, -0.1) is 11.3 Å². The van der Waals surface area contributed by atoms with Crippen LogP contribution in [0.3, 0.4) is 0 Å². The van der Waals surface area contributed by atoms with Crippen LogP contribution in [0, 0.1) is 0 Å². The maximum absolute atomic E-state index is 12.1. The second kappa shape index (κ2) is 8.07. The highest BCUT2D eigenvalue weighted by molar-refractivity contribution is 7.12. The molecule has 0 atom stereocenters. The fourth-order valence-corrected chi connectivity index (χ4v) is 3.23. The second-order valence-electron chi connectivity index (χ2n) is 5.38. The summed E-state index contributed by atoms with van der Waals surface area (Å²) in [6, 6.07) is 1.38. The van der Waals surface area contributed by atoms with Crippen molar-refractivity contribution in [3.05, 3.63) is 21.9 Å². The zero-order chi connectivity index (χ0) is 16.8. The van der Waals surface area contributed by atoms with Gasteiger partial charge in [0, 0.05) is 31.6 Å². The van der Waals surface area contributed by atoms with Gasteiger partial charge in [0.15, 0.2) is 0 Å². The number of rotatable bonds is 6. The summed E-state index contributed by atoms with van der Waals surface area (Å²) in [4.78, 5) is 37.0. The lowest BCUT2D eigenvalue weighted by Gasteiger charge is -2.32. The SMILES string of the molecule is COCCC(=O)N1CCC(NC(=O)c2cc(C(=O)O)cs2)CC1. The van der Waals surface area contributed by atoms with Gasteiger partial charge >= 0.3 is 5.97 Å². The Balaban J connectivity index is 1.80. The maximum Gasteiger partial charge on any atom is 0.336 e. The van der Waals surface area contributed by atoms with E-state index >= 15 is 0 Å². The average Bonchev–Trinajstić information content (AvgIpc) is 3.03. The molecule has 126 valence electrons. The van der Waals surface area contributed by atoms with Gasteiger partial charge in [0.2, 0.25) is 5.91 Å². The predicted octanol–water partition coefficient (Wildman–Crippen LogP) is 1.20. The molecule has 1 saturated heterocycles. The highest BCUT2D eigenvalue weighted by atomic mass is 32.1. The number of aromatic carboxylic acids is 1. The lowest BCUT2D eigenvalue weighted by atomic mass is 10.0. The number of hydrogen-bond donors (Lipinski definition) is 2. The van der Waals surface area contributed by atoms with Gasteiger partial charge in [0.05, 0.1) is 23.5 Å². The van der Waals surface area contributed by atoms with E-state index in [1.54, 1.807) is 12.0 Å². The maximum atomic E-state index is 12.1. The fraction of sp³-hybridized carbons (Fsp3) is 0.533. The van der Waals surface area contributed by atoms with Crippen LogP contribution in [-0.2, 0) is 9.53 Å². The van der Waals surface area contributed by atoms with E-state index in [1.807, 2.05) is 0 Å². The summed E-state index contributed by atoms with van der Waals surface area (Å²) in [6.45, 7) is 1.64. The van der Waals surface area contributed by atoms with E-state index in [1.165, 1.54) is 11.4 Å². The highest BCUT2D eigenvalue weighted by Crippen LogP contribution is 2.17. The monoisotopic (exact) mass is 340 g/mol. The number of thiophene rings is 1. The molecule has 1 aromatic heterocycles. The van der Waals surface area contributed by atoms with Crippen LogP contribution in [0.2, 0.25) is 0 Å². The van der Waals surface area contributed by atoms with Gasteiger partial charge in [0.25, 0.3) is 5.91 Å². The van der Waals surface area contributed by atoms with E-state index in [4.69, 9.17) is 9.84 Å². The minimum atomic E-state index is -1.04. The number of carbonyl (C=O) groups excluding carboxylic acids is 2. The molecule has 0 aromatic carbocycles. The quantitative estimate of drug-likeness (QED) is 0.811. The predicted molar refractivity (Wildman–Crippen MR) is 84.8 cm³/mol. The van der Waals surface area contributed by atoms with Crippen molar-refractivity contribution >= 4 is 29.1 Å². The van der Waals surface area contributed by atoms with E-state index in [0.717, 1.165) is 11.3 Å². The molecule has 23 heavy (non-hydrogen) atoms. The molecule has 8 heteroatoms. The number of amides is 2. The molecule has 0 aliphatic carbocycles. The fourth-order valence-electron chi connectivity index (χ4n) is 2.44. The van der Waals surface area contributed by atoms with Gasteiger partial charge in [-0.25, -0.2) is 4.79 Å². The largest absolute Gasteiger partial charge is 0.478 e. The number of carboxylic acid groups (broad SMARTS) is 1. The molecule has 1 fully saturated rings. The molecule has 0 unspecified atom stereocenters. The summed E-state index contributed by atoms with van der Waals surface area (Å²) in [5.74, 6) is -1.23. The number of piperidine rings is 1. The Hall–Kier alpha value is -1.93. The second-order valence-corrected chi connectivity index (χ2v) is 6.29. The van der Waals surface area contributed by atoms with Crippen molar-refractivity contribution in [1.29, 1.82) is 0 Å². The van der Waals surface area contributed by atoms with E-state index in [2.05, 4.69) is 5.32 Å². The normalized spacial score (nSPS) is 15.4. The van der Waals surface area contributed by atoms with Gasteiger partial charge < -0.3 is 20.1 Å². The first-order chi connectivity index (χ1) is 11.0. The van der Waals surface area contributed by atoms with Crippen LogP contribution < -0.4 is 5.32 Å². The summed E-state index contributed by atoms with van der Waals surface area (Å²) in [6.07, 6.45) is 1.77. The number of carbonyl (C=O) groups is 3. The molecule has 1 aliphatic rings. The van der Waals surface area contributed by atoms with Gasteiger partial charge in [0.1, 0.15) is 0 Å². The van der Waals surface area contributed by atoms with Crippen molar-refractivity contribution in [2.24, 2.45) is 0 Å². The van der Waals surface area contributed by atoms with Gasteiger partial charge in [-0.05, 0) is 18.9 Å². The van der Waals surface area contributed by atoms with Crippen molar-refractivity contribution < 1.29 is 24.2 Å². The first-order valence-electron chi connectivity index (χ1n) is 7.40. The lowest BCUT2D eigenvalue weighted by molar-refractivity contribution is -0.133. The van der Waals surface area contributed by atoms with E-state index in [9.17, 15) is 14.4 Å². The highest BCUT2D eigenvalue weighted by Gasteiger charge is 2.24. The van der Waals surface area contributed by atoms with Crippen molar-refractivity contribution in [3.63, 3.8) is 0 Å². The minimum absolute atomic E-state index is 0.00403. The standard InChI is InChI=1S/C15H20N2O5S/c1-22-7-4-13(18)17-5-2-11(3-6-17)16-14(19)12-8-10(9-23-12)15(20)21/h8-9,11H,2-7H2,1H3,(H,16,19)(H,20,21). The van der Waals surface area contributed by atoms with Crippen LogP contribution in [0.5, 0.6) is 0 Å². The molecule has 1 aliphatic heterocycles. The van der Waals surface area contributed by atoms with Crippen LogP contribution >= 0.6 is 11.3 Å². The molecule has 2 heterocycles. The molecule has 0 radical (unpaired) electrons. The Bertz CT molecular complexity index is 578. The Labute approximate surface area is 138 Å². The first-order valence-corrected chi connectivity index (χ1v) is 8.28. The molecule has 7 nitrogen and oxygen atoms in total. The zero-order valence-electron chi connectivity index (χ0n) is 12.9. The molecule has 2 amide bonds. The molecule has 0 saturated carbocycles. The van der Waals surface area contributed by atoms with Crippen LogP contribution in [0.15, 0.2) is 11.4 Å². The third-order valence-electron chi connectivity index (χ3n) is 3.77. The van der Waals surface area contributed by atoms with Crippen LogP contribution in [0.1, 0.15) is 39.3 Å². The molecule has 0 bridgehead atoms. The molecular weight excluding hydrogens is 320 g/mol. The number of methoxy groups -OCH3 is 1. The summed E-state index contributed by atoms with van der Waals surface area (Å²) in [5, 5.41) is 13.2. The van der Waals surface area contributed by atoms with Gasteiger partial charge in [-0.2, -0.15) is 0 Å². The lowest BCUT2D eigenvalue weighted by Crippen LogP contribution is -2.46. The Kier molecular flexibility index (Phi) is 6.12. The number of hydrogen-bond acceptors (Lipinski definition) is 5. The molecule has 1 aromatic rings. The van der Waals surface area contributed by atoms with Crippen molar-refractivity contribution in [2.45, 2.75) is 25.3 Å². The molecular formula is C15H20N2O5S. The third-order valence-corrected chi connectivity index (χ3v) is 4.70. The van der Waals surface area contributed by atoms with Crippen molar-refractivity contribution in [2.75, 3.05) is 26.8 Å².